The lowest BCUT2D eigenvalue weighted by atomic mass is 10.1. The van der Waals surface area contributed by atoms with Gasteiger partial charge in [-0.1, -0.05) is 6.07 Å². The third-order valence-electron chi connectivity index (χ3n) is 3.72. The van der Waals surface area contributed by atoms with E-state index in [1.54, 1.807) is 13.0 Å². The first kappa shape index (κ1) is 17.9. The van der Waals surface area contributed by atoms with Crippen LogP contribution in [-0.4, -0.2) is 39.6 Å². The van der Waals surface area contributed by atoms with Gasteiger partial charge in [-0.2, -0.15) is 5.10 Å². The molecule has 3 aromatic rings. The highest BCUT2D eigenvalue weighted by Gasteiger charge is 2.18. The standard InChI is InChI=1S/C17H16N6O4/c1-2-27-17(26)10-7-11-14(20-12(10)18)22-23-15(11)21-16(25)9-5-3-4-8(6-9)13(19)24/h3-7H,2H2,1H3,(H2,19,24)(H4,18,20,21,22,23,25). The largest absolute Gasteiger partial charge is 0.462 e. The zero-order chi connectivity index (χ0) is 19.6. The van der Waals surface area contributed by atoms with Crippen LogP contribution in [0.3, 0.4) is 0 Å². The van der Waals surface area contributed by atoms with Crippen molar-refractivity contribution in [3.63, 3.8) is 0 Å². The molecule has 3 rings (SSSR count). The first-order valence-electron chi connectivity index (χ1n) is 7.93. The van der Waals surface area contributed by atoms with E-state index < -0.39 is 17.8 Å². The minimum atomic E-state index is -0.645. The molecule has 0 unspecified atom stereocenters. The molecule has 6 N–H and O–H groups in total. The molecule has 0 aliphatic carbocycles. The molecule has 0 saturated heterocycles. The predicted molar refractivity (Wildman–Crippen MR) is 97.2 cm³/mol. The number of benzene rings is 1. The number of aromatic amines is 1. The number of aromatic nitrogens is 3. The van der Waals surface area contributed by atoms with E-state index in [0.29, 0.717) is 11.0 Å². The summed E-state index contributed by atoms with van der Waals surface area (Å²) in [7, 11) is 0. The Balaban J connectivity index is 1.94. The molecule has 2 amide bonds. The number of fused-ring (bicyclic) bond motifs is 1. The van der Waals surface area contributed by atoms with Crippen molar-refractivity contribution in [1.82, 2.24) is 15.2 Å². The van der Waals surface area contributed by atoms with Crippen LogP contribution in [0.4, 0.5) is 11.6 Å². The number of H-pyrrole nitrogens is 1. The molecule has 0 fully saturated rings. The van der Waals surface area contributed by atoms with Crippen LogP contribution in [-0.2, 0) is 4.74 Å². The van der Waals surface area contributed by atoms with Crippen LogP contribution in [0.2, 0.25) is 0 Å². The van der Waals surface area contributed by atoms with Crippen LogP contribution < -0.4 is 16.8 Å². The summed E-state index contributed by atoms with van der Waals surface area (Å²) in [4.78, 5) is 39.8. The number of primary amides is 1. The minimum Gasteiger partial charge on any atom is -0.462 e. The molecule has 0 atom stereocenters. The van der Waals surface area contributed by atoms with Gasteiger partial charge in [0.25, 0.3) is 5.91 Å². The van der Waals surface area contributed by atoms with Gasteiger partial charge in [0.05, 0.1) is 12.0 Å². The maximum absolute atomic E-state index is 12.5. The molecule has 1 aromatic carbocycles. The fourth-order valence-electron chi connectivity index (χ4n) is 2.42. The fourth-order valence-corrected chi connectivity index (χ4v) is 2.42. The predicted octanol–water partition coefficient (Wildman–Crippen LogP) is 1.07. The number of hydrogen-bond acceptors (Lipinski definition) is 7. The van der Waals surface area contributed by atoms with Gasteiger partial charge in [-0.15, -0.1) is 0 Å². The molecule has 2 aromatic heterocycles. The van der Waals surface area contributed by atoms with Crippen LogP contribution in [0.25, 0.3) is 11.0 Å². The van der Waals surface area contributed by atoms with E-state index in [4.69, 9.17) is 16.2 Å². The Labute approximate surface area is 152 Å². The molecule has 10 heteroatoms. The van der Waals surface area contributed by atoms with Crippen LogP contribution in [0.1, 0.15) is 38.0 Å². The van der Waals surface area contributed by atoms with Crippen molar-refractivity contribution in [3.8, 4) is 0 Å². The van der Waals surface area contributed by atoms with Crippen molar-refractivity contribution in [2.45, 2.75) is 6.92 Å². The maximum atomic E-state index is 12.5. The highest BCUT2D eigenvalue weighted by atomic mass is 16.5. The van der Waals surface area contributed by atoms with Crippen molar-refractivity contribution in [2.75, 3.05) is 17.7 Å². The van der Waals surface area contributed by atoms with E-state index in [2.05, 4.69) is 20.5 Å². The monoisotopic (exact) mass is 368 g/mol. The number of esters is 1. The summed E-state index contributed by atoms with van der Waals surface area (Å²) >= 11 is 0. The van der Waals surface area contributed by atoms with Gasteiger partial charge >= 0.3 is 5.97 Å². The third kappa shape index (κ3) is 3.54. The summed E-state index contributed by atoms with van der Waals surface area (Å²) in [5.74, 6) is -1.65. The van der Waals surface area contributed by atoms with E-state index in [0.717, 1.165) is 0 Å². The Morgan fingerprint density at radius 1 is 1.22 bits per heavy atom. The zero-order valence-electron chi connectivity index (χ0n) is 14.3. The van der Waals surface area contributed by atoms with Gasteiger partial charge in [-0.25, -0.2) is 9.78 Å². The van der Waals surface area contributed by atoms with Gasteiger partial charge in [0.2, 0.25) is 5.91 Å². The SMILES string of the molecule is CCOC(=O)c1cc2c(NC(=O)c3cccc(C(N)=O)c3)n[nH]c2nc1N. The number of rotatable bonds is 5. The first-order chi connectivity index (χ1) is 12.9. The Hall–Kier alpha value is -3.95. The van der Waals surface area contributed by atoms with Crippen molar-refractivity contribution in [2.24, 2.45) is 5.73 Å². The smallest absolute Gasteiger partial charge is 0.341 e. The van der Waals surface area contributed by atoms with E-state index in [1.807, 2.05) is 0 Å². The summed E-state index contributed by atoms with van der Waals surface area (Å²) in [6.45, 7) is 1.85. The summed E-state index contributed by atoms with van der Waals surface area (Å²) < 4.78 is 4.94. The average molecular weight is 368 g/mol. The molecule has 138 valence electrons. The Morgan fingerprint density at radius 2 is 1.96 bits per heavy atom. The van der Waals surface area contributed by atoms with Gasteiger partial charge < -0.3 is 21.5 Å². The number of nitrogen functional groups attached to an aromatic ring is 1. The molecular formula is C17H16N6O4. The van der Waals surface area contributed by atoms with Crippen LogP contribution >= 0.6 is 0 Å². The quantitative estimate of drug-likeness (QED) is 0.489. The zero-order valence-corrected chi connectivity index (χ0v) is 14.3. The number of amides is 2. The summed E-state index contributed by atoms with van der Waals surface area (Å²) in [6, 6.07) is 7.37. The molecule has 27 heavy (non-hydrogen) atoms. The lowest BCUT2D eigenvalue weighted by molar-refractivity contribution is 0.0527. The topological polar surface area (TPSA) is 166 Å². The summed E-state index contributed by atoms with van der Waals surface area (Å²) in [5, 5.41) is 9.60. The molecule has 0 aliphatic heterocycles. The highest BCUT2D eigenvalue weighted by molar-refractivity contribution is 6.09. The Morgan fingerprint density at radius 3 is 2.67 bits per heavy atom. The lowest BCUT2D eigenvalue weighted by Crippen LogP contribution is -2.15. The molecule has 2 heterocycles. The molecular weight excluding hydrogens is 352 g/mol. The van der Waals surface area contributed by atoms with Gasteiger partial charge in [-0.3, -0.25) is 14.7 Å². The van der Waals surface area contributed by atoms with E-state index >= 15 is 0 Å². The number of nitrogens with two attached hydrogens (primary N) is 2. The number of pyridine rings is 1. The number of anilines is 2. The van der Waals surface area contributed by atoms with Gasteiger partial charge in [0.15, 0.2) is 11.5 Å². The molecule has 0 bridgehead atoms. The molecule has 0 spiro atoms. The summed E-state index contributed by atoms with van der Waals surface area (Å²) in [5.41, 5.74) is 11.8. The second-order valence-corrected chi connectivity index (χ2v) is 5.51. The molecule has 0 aliphatic rings. The van der Waals surface area contributed by atoms with Gasteiger partial charge in [0, 0.05) is 11.1 Å². The molecule has 0 radical (unpaired) electrons. The van der Waals surface area contributed by atoms with Crippen LogP contribution in [0.15, 0.2) is 30.3 Å². The average Bonchev–Trinajstić information content (AvgIpc) is 3.02. The summed E-state index contributed by atoms with van der Waals surface area (Å²) in [6.07, 6.45) is 0. The number of ether oxygens (including phenoxy) is 1. The van der Waals surface area contributed by atoms with E-state index in [1.165, 1.54) is 24.3 Å². The molecule has 0 saturated carbocycles. The number of carbonyl (C=O) groups is 3. The normalized spacial score (nSPS) is 10.6. The van der Waals surface area contributed by atoms with Crippen molar-refractivity contribution in [3.05, 3.63) is 47.0 Å². The number of nitrogens with one attached hydrogen (secondary N) is 2. The Bertz CT molecular complexity index is 1060. The van der Waals surface area contributed by atoms with Crippen LogP contribution in [0, 0.1) is 0 Å². The van der Waals surface area contributed by atoms with Crippen LogP contribution in [0.5, 0.6) is 0 Å². The Kier molecular flexibility index (Phi) is 4.71. The number of hydrogen-bond donors (Lipinski definition) is 4. The van der Waals surface area contributed by atoms with Crippen molar-refractivity contribution in [1.29, 1.82) is 0 Å². The highest BCUT2D eigenvalue weighted by Crippen LogP contribution is 2.24. The maximum Gasteiger partial charge on any atom is 0.341 e. The lowest BCUT2D eigenvalue weighted by Gasteiger charge is -2.06. The van der Waals surface area contributed by atoms with E-state index in [-0.39, 0.29) is 34.9 Å². The second-order valence-electron chi connectivity index (χ2n) is 5.51. The van der Waals surface area contributed by atoms with Crippen molar-refractivity contribution >= 4 is 40.5 Å². The van der Waals surface area contributed by atoms with E-state index in [9.17, 15) is 14.4 Å². The molecule has 10 nitrogen and oxygen atoms in total. The number of nitrogens with zero attached hydrogens (tertiary/aromatic N) is 2. The second kappa shape index (κ2) is 7.12. The van der Waals surface area contributed by atoms with Gasteiger partial charge in [-0.05, 0) is 31.2 Å². The van der Waals surface area contributed by atoms with Gasteiger partial charge in [0.1, 0.15) is 11.4 Å². The fraction of sp³-hybridized carbons (Fsp3) is 0.118. The first-order valence-corrected chi connectivity index (χ1v) is 7.93. The van der Waals surface area contributed by atoms with Crippen molar-refractivity contribution < 1.29 is 19.1 Å². The number of carbonyl (C=O) groups excluding carboxylic acids is 3. The third-order valence-corrected chi connectivity index (χ3v) is 3.72. The minimum absolute atomic E-state index is 0.0170.